The summed E-state index contributed by atoms with van der Waals surface area (Å²) in [5.74, 6) is 0.895. The van der Waals surface area contributed by atoms with Crippen molar-refractivity contribution in [2.24, 2.45) is 0 Å². The Hall–Kier alpha value is -1.74. The molecule has 0 bridgehead atoms. The second-order valence-electron chi connectivity index (χ2n) is 4.10. The van der Waals surface area contributed by atoms with Crippen LogP contribution in [0, 0.1) is 0 Å². The van der Waals surface area contributed by atoms with E-state index in [4.69, 9.17) is 4.74 Å². The SMILES string of the molecule is COc1ccc([C@@H](C)NCc2cc[nH]c2)cc1. The van der Waals surface area contributed by atoms with E-state index in [1.54, 1.807) is 7.11 Å². The molecule has 3 heteroatoms. The highest BCUT2D eigenvalue weighted by Gasteiger charge is 2.04. The first-order valence-electron chi connectivity index (χ1n) is 5.78. The van der Waals surface area contributed by atoms with Gasteiger partial charge >= 0.3 is 0 Å². The molecular weight excluding hydrogens is 212 g/mol. The summed E-state index contributed by atoms with van der Waals surface area (Å²) in [4.78, 5) is 3.05. The highest BCUT2D eigenvalue weighted by atomic mass is 16.5. The van der Waals surface area contributed by atoms with Crippen molar-refractivity contribution in [1.82, 2.24) is 10.3 Å². The fourth-order valence-corrected chi connectivity index (χ4v) is 1.75. The Kier molecular flexibility index (Phi) is 3.83. The maximum atomic E-state index is 5.14. The zero-order valence-corrected chi connectivity index (χ0v) is 10.2. The van der Waals surface area contributed by atoms with Crippen molar-refractivity contribution in [2.45, 2.75) is 19.5 Å². The molecule has 0 unspecified atom stereocenters. The molecule has 0 aliphatic carbocycles. The fraction of sp³-hybridized carbons (Fsp3) is 0.286. The van der Waals surface area contributed by atoms with E-state index in [9.17, 15) is 0 Å². The molecule has 0 saturated heterocycles. The van der Waals surface area contributed by atoms with Crippen LogP contribution in [0.3, 0.4) is 0 Å². The van der Waals surface area contributed by atoms with Gasteiger partial charge in [0.15, 0.2) is 0 Å². The molecule has 0 aliphatic rings. The predicted molar refractivity (Wildman–Crippen MR) is 69.0 cm³/mol. The average molecular weight is 230 g/mol. The lowest BCUT2D eigenvalue weighted by atomic mass is 10.1. The van der Waals surface area contributed by atoms with Crippen LogP contribution >= 0.6 is 0 Å². The maximum Gasteiger partial charge on any atom is 0.118 e. The maximum absolute atomic E-state index is 5.14. The van der Waals surface area contributed by atoms with Crippen molar-refractivity contribution in [2.75, 3.05) is 7.11 Å². The van der Waals surface area contributed by atoms with Crippen LogP contribution in [-0.2, 0) is 6.54 Å². The lowest BCUT2D eigenvalue weighted by molar-refractivity contribution is 0.414. The van der Waals surface area contributed by atoms with Crippen LogP contribution in [0.25, 0.3) is 0 Å². The van der Waals surface area contributed by atoms with Crippen molar-refractivity contribution < 1.29 is 4.74 Å². The third-order valence-electron chi connectivity index (χ3n) is 2.89. The molecule has 2 rings (SSSR count). The minimum absolute atomic E-state index is 0.329. The highest BCUT2D eigenvalue weighted by molar-refractivity contribution is 5.28. The zero-order chi connectivity index (χ0) is 12.1. The van der Waals surface area contributed by atoms with Crippen LogP contribution in [0.4, 0.5) is 0 Å². The van der Waals surface area contributed by atoms with Crippen molar-refractivity contribution in [1.29, 1.82) is 0 Å². The van der Waals surface area contributed by atoms with Crippen LogP contribution in [-0.4, -0.2) is 12.1 Å². The first-order chi connectivity index (χ1) is 8.29. The molecule has 90 valence electrons. The molecule has 3 nitrogen and oxygen atoms in total. The van der Waals surface area contributed by atoms with Crippen LogP contribution in [0.2, 0.25) is 0 Å². The summed E-state index contributed by atoms with van der Waals surface area (Å²) >= 11 is 0. The number of aromatic amines is 1. The molecule has 0 amide bonds. The van der Waals surface area contributed by atoms with E-state index in [-0.39, 0.29) is 0 Å². The molecule has 1 aromatic carbocycles. The van der Waals surface area contributed by atoms with E-state index in [1.807, 2.05) is 24.5 Å². The smallest absolute Gasteiger partial charge is 0.118 e. The molecule has 1 heterocycles. The second kappa shape index (κ2) is 5.55. The van der Waals surface area contributed by atoms with E-state index >= 15 is 0 Å². The number of H-pyrrole nitrogens is 1. The van der Waals surface area contributed by atoms with Gasteiger partial charge in [0.1, 0.15) is 5.75 Å². The Morgan fingerprint density at radius 2 is 2.00 bits per heavy atom. The number of hydrogen-bond acceptors (Lipinski definition) is 2. The first-order valence-corrected chi connectivity index (χ1v) is 5.78. The minimum atomic E-state index is 0.329. The van der Waals surface area contributed by atoms with Gasteiger partial charge in [-0.05, 0) is 36.2 Å². The quantitative estimate of drug-likeness (QED) is 0.828. The molecule has 0 radical (unpaired) electrons. The Morgan fingerprint density at radius 1 is 1.24 bits per heavy atom. The Balaban J connectivity index is 1.92. The third kappa shape index (κ3) is 3.11. The average Bonchev–Trinajstić information content (AvgIpc) is 2.89. The summed E-state index contributed by atoms with van der Waals surface area (Å²) in [6.07, 6.45) is 3.95. The number of aromatic nitrogens is 1. The Morgan fingerprint density at radius 3 is 2.59 bits per heavy atom. The number of benzene rings is 1. The van der Waals surface area contributed by atoms with Gasteiger partial charge in [-0.15, -0.1) is 0 Å². The standard InChI is InChI=1S/C14H18N2O/c1-11(16-10-12-7-8-15-9-12)13-3-5-14(17-2)6-4-13/h3-9,11,15-16H,10H2,1-2H3/t11-/m1/s1. The molecule has 0 saturated carbocycles. The molecule has 0 spiro atoms. The van der Waals surface area contributed by atoms with Gasteiger partial charge in [-0.2, -0.15) is 0 Å². The van der Waals surface area contributed by atoms with Crippen LogP contribution < -0.4 is 10.1 Å². The Labute approximate surface area is 102 Å². The topological polar surface area (TPSA) is 37.0 Å². The molecule has 0 fully saturated rings. The molecule has 1 atom stereocenters. The van der Waals surface area contributed by atoms with Gasteiger partial charge in [0.05, 0.1) is 7.11 Å². The summed E-state index contributed by atoms with van der Waals surface area (Å²) in [6, 6.07) is 10.6. The van der Waals surface area contributed by atoms with Crippen molar-refractivity contribution >= 4 is 0 Å². The molecule has 1 aromatic heterocycles. The molecular formula is C14H18N2O. The lowest BCUT2D eigenvalue weighted by Crippen LogP contribution is -2.17. The van der Waals surface area contributed by atoms with Crippen molar-refractivity contribution in [3.63, 3.8) is 0 Å². The van der Waals surface area contributed by atoms with Gasteiger partial charge in [0, 0.05) is 25.0 Å². The third-order valence-corrected chi connectivity index (χ3v) is 2.89. The number of rotatable bonds is 5. The van der Waals surface area contributed by atoms with Crippen molar-refractivity contribution in [3.05, 3.63) is 53.9 Å². The van der Waals surface area contributed by atoms with Gasteiger partial charge in [-0.25, -0.2) is 0 Å². The van der Waals surface area contributed by atoms with E-state index in [0.29, 0.717) is 6.04 Å². The van der Waals surface area contributed by atoms with Crippen LogP contribution in [0.1, 0.15) is 24.1 Å². The first kappa shape index (κ1) is 11.7. The normalized spacial score (nSPS) is 12.4. The molecule has 2 N–H and O–H groups in total. The molecule has 17 heavy (non-hydrogen) atoms. The zero-order valence-electron chi connectivity index (χ0n) is 10.2. The van der Waals surface area contributed by atoms with Crippen molar-refractivity contribution in [3.8, 4) is 5.75 Å². The summed E-state index contributed by atoms with van der Waals surface area (Å²) in [7, 11) is 1.68. The minimum Gasteiger partial charge on any atom is -0.497 e. The summed E-state index contributed by atoms with van der Waals surface area (Å²) in [5, 5.41) is 3.48. The number of ether oxygens (including phenoxy) is 1. The van der Waals surface area contributed by atoms with Crippen LogP contribution in [0.15, 0.2) is 42.7 Å². The largest absolute Gasteiger partial charge is 0.497 e. The molecule has 0 aliphatic heterocycles. The van der Waals surface area contributed by atoms with E-state index in [0.717, 1.165) is 12.3 Å². The Bertz CT molecular complexity index is 434. The van der Waals surface area contributed by atoms with Gasteiger partial charge in [0.2, 0.25) is 0 Å². The van der Waals surface area contributed by atoms with Gasteiger partial charge in [-0.1, -0.05) is 12.1 Å². The summed E-state index contributed by atoms with van der Waals surface area (Å²) in [5.41, 5.74) is 2.53. The summed E-state index contributed by atoms with van der Waals surface area (Å²) in [6.45, 7) is 3.03. The van der Waals surface area contributed by atoms with E-state index in [1.165, 1.54) is 11.1 Å². The second-order valence-corrected chi connectivity index (χ2v) is 4.10. The van der Waals surface area contributed by atoms with E-state index < -0.39 is 0 Å². The predicted octanol–water partition coefficient (Wildman–Crippen LogP) is 2.87. The van der Waals surface area contributed by atoms with Crippen LogP contribution in [0.5, 0.6) is 5.75 Å². The fourth-order valence-electron chi connectivity index (χ4n) is 1.75. The van der Waals surface area contributed by atoms with E-state index in [2.05, 4.69) is 35.4 Å². The lowest BCUT2D eigenvalue weighted by Gasteiger charge is -2.14. The number of methoxy groups -OCH3 is 1. The number of nitrogens with one attached hydrogen (secondary N) is 2. The van der Waals surface area contributed by atoms with Gasteiger partial charge in [-0.3, -0.25) is 0 Å². The van der Waals surface area contributed by atoms with Gasteiger partial charge < -0.3 is 15.0 Å². The monoisotopic (exact) mass is 230 g/mol. The highest BCUT2D eigenvalue weighted by Crippen LogP contribution is 2.17. The molecule has 2 aromatic rings. The van der Waals surface area contributed by atoms with Gasteiger partial charge in [0.25, 0.3) is 0 Å². The summed E-state index contributed by atoms with van der Waals surface area (Å²) < 4.78 is 5.14. The number of hydrogen-bond donors (Lipinski definition) is 2.